The second kappa shape index (κ2) is 6.02. The monoisotopic (exact) mass is 328 g/mol. The zero-order valence-electron chi connectivity index (χ0n) is 14.8. The van der Waals surface area contributed by atoms with Crippen LogP contribution in [0, 0.1) is 19.3 Å². The van der Waals surface area contributed by atoms with Gasteiger partial charge in [0.25, 0.3) is 0 Å². The van der Waals surface area contributed by atoms with E-state index in [2.05, 4.69) is 0 Å². The Morgan fingerprint density at radius 1 is 1.17 bits per heavy atom. The number of carbonyl (C=O) groups excluding carboxylic acids is 1. The Balaban J connectivity index is 2.59. The van der Waals surface area contributed by atoms with E-state index in [-0.39, 0.29) is 17.8 Å². The van der Waals surface area contributed by atoms with E-state index in [1.165, 1.54) is 6.08 Å². The first kappa shape index (κ1) is 18.1. The molecule has 2 N–H and O–H groups in total. The van der Waals surface area contributed by atoms with Gasteiger partial charge >= 0.3 is 5.97 Å². The highest BCUT2D eigenvalue weighted by atomic mass is 16.4. The summed E-state index contributed by atoms with van der Waals surface area (Å²) in [6.45, 7) is 9.00. The number of aryl methyl sites for hydroxylation is 2. The fourth-order valence-corrected chi connectivity index (χ4v) is 3.40. The quantitative estimate of drug-likeness (QED) is 0.887. The molecule has 0 spiro atoms. The molecule has 1 aliphatic rings. The first-order chi connectivity index (χ1) is 11.0. The van der Waals surface area contributed by atoms with Crippen LogP contribution in [0.3, 0.4) is 0 Å². The zero-order chi connectivity index (χ0) is 18.3. The number of allylic oxidation sites excluding steroid dienone is 1. The summed E-state index contributed by atoms with van der Waals surface area (Å²) in [7, 11) is 0. The first-order valence-corrected chi connectivity index (χ1v) is 7.96. The maximum atomic E-state index is 11.8. The van der Waals surface area contributed by atoms with E-state index in [1.807, 2.05) is 26.8 Å². The Kier molecular flexibility index (Phi) is 4.55. The molecule has 1 atom stereocenters. The number of benzene rings is 1. The maximum Gasteiger partial charge on any atom is 0.336 e. The molecule has 1 aliphatic carbocycles. The van der Waals surface area contributed by atoms with Crippen LogP contribution >= 0.6 is 0 Å². The maximum absolute atomic E-state index is 11.8. The summed E-state index contributed by atoms with van der Waals surface area (Å²) in [6.07, 6.45) is 5.00. The Morgan fingerprint density at radius 3 is 2.29 bits per heavy atom. The van der Waals surface area contributed by atoms with Crippen molar-refractivity contribution in [3.05, 3.63) is 52.1 Å². The van der Waals surface area contributed by atoms with Crippen molar-refractivity contribution < 1.29 is 19.8 Å². The molecule has 1 unspecified atom stereocenters. The molecule has 0 amide bonds. The lowest BCUT2D eigenvalue weighted by Gasteiger charge is -2.44. The van der Waals surface area contributed by atoms with Gasteiger partial charge in [0, 0.05) is 11.8 Å². The second-order valence-corrected chi connectivity index (χ2v) is 7.25. The van der Waals surface area contributed by atoms with E-state index >= 15 is 0 Å². The highest BCUT2D eigenvalue weighted by Gasteiger charge is 2.46. The van der Waals surface area contributed by atoms with Crippen LogP contribution in [0.2, 0.25) is 0 Å². The van der Waals surface area contributed by atoms with Crippen molar-refractivity contribution in [1.82, 2.24) is 0 Å². The Hall–Kier alpha value is -2.20. The van der Waals surface area contributed by atoms with Crippen molar-refractivity contribution >= 4 is 17.8 Å². The van der Waals surface area contributed by atoms with E-state index in [0.29, 0.717) is 16.7 Å². The number of ketones is 1. The van der Waals surface area contributed by atoms with Crippen LogP contribution in [-0.2, 0) is 4.79 Å². The molecule has 2 rings (SSSR count). The minimum atomic E-state index is -1.30. The van der Waals surface area contributed by atoms with Gasteiger partial charge in [-0.05, 0) is 55.2 Å². The van der Waals surface area contributed by atoms with Gasteiger partial charge in [-0.2, -0.15) is 0 Å². The number of carboxylic acids is 1. The van der Waals surface area contributed by atoms with Crippen molar-refractivity contribution in [3.63, 3.8) is 0 Å². The van der Waals surface area contributed by atoms with Gasteiger partial charge < -0.3 is 10.2 Å². The van der Waals surface area contributed by atoms with Crippen LogP contribution in [0.25, 0.3) is 6.08 Å². The summed E-state index contributed by atoms with van der Waals surface area (Å²) < 4.78 is 0. The number of aromatic carboxylic acids is 1. The average molecular weight is 328 g/mol. The molecule has 1 aromatic rings. The van der Waals surface area contributed by atoms with E-state index in [0.717, 1.165) is 5.56 Å². The van der Waals surface area contributed by atoms with Crippen LogP contribution in [0.15, 0.2) is 29.9 Å². The molecule has 1 aromatic carbocycles. The molecule has 0 heterocycles. The molecular weight excluding hydrogens is 304 g/mol. The molecule has 0 aromatic heterocycles. The predicted octanol–water partition coefficient (Wildman–Crippen LogP) is 3.69. The van der Waals surface area contributed by atoms with Crippen LogP contribution in [0.5, 0.6) is 0 Å². The summed E-state index contributed by atoms with van der Waals surface area (Å²) in [5, 5.41) is 20.7. The van der Waals surface area contributed by atoms with Crippen LogP contribution in [0.4, 0.5) is 0 Å². The smallest absolute Gasteiger partial charge is 0.336 e. The molecule has 0 saturated carbocycles. The number of carbonyl (C=O) groups is 2. The van der Waals surface area contributed by atoms with Crippen molar-refractivity contribution in [3.8, 4) is 0 Å². The lowest BCUT2D eigenvalue weighted by Crippen LogP contribution is -2.47. The van der Waals surface area contributed by atoms with Crippen molar-refractivity contribution in [2.24, 2.45) is 5.41 Å². The molecule has 4 nitrogen and oxygen atoms in total. The topological polar surface area (TPSA) is 74.6 Å². The van der Waals surface area contributed by atoms with Gasteiger partial charge in [-0.1, -0.05) is 32.1 Å². The lowest BCUT2D eigenvalue weighted by molar-refractivity contribution is -0.121. The van der Waals surface area contributed by atoms with Crippen LogP contribution in [-0.4, -0.2) is 27.6 Å². The fraction of sp³-hybridized carbons (Fsp3) is 0.400. The van der Waals surface area contributed by atoms with Crippen molar-refractivity contribution in [2.75, 3.05) is 0 Å². The van der Waals surface area contributed by atoms with E-state index in [4.69, 9.17) is 0 Å². The third-order valence-electron chi connectivity index (χ3n) is 5.00. The Bertz CT molecular complexity index is 768. The van der Waals surface area contributed by atoms with Gasteiger partial charge in [-0.25, -0.2) is 4.79 Å². The molecule has 0 bridgehead atoms. The second-order valence-electron chi connectivity index (χ2n) is 7.25. The molecule has 4 heteroatoms. The largest absolute Gasteiger partial charge is 0.478 e. The third kappa shape index (κ3) is 2.94. The molecule has 128 valence electrons. The number of hydrogen-bond donors (Lipinski definition) is 2. The van der Waals surface area contributed by atoms with E-state index in [9.17, 15) is 19.8 Å². The minimum absolute atomic E-state index is 0.00599. The van der Waals surface area contributed by atoms with Gasteiger partial charge in [0.15, 0.2) is 5.78 Å². The van der Waals surface area contributed by atoms with Crippen LogP contribution in [0.1, 0.15) is 54.2 Å². The summed E-state index contributed by atoms with van der Waals surface area (Å²) in [4.78, 5) is 23.4. The molecule has 24 heavy (non-hydrogen) atoms. The van der Waals surface area contributed by atoms with Gasteiger partial charge in [0.1, 0.15) is 5.60 Å². The van der Waals surface area contributed by atoms with Crippen molar-refractivity contribution in [1.29, 1.82) is 0 Å². The number of hydrogen-bond acceptors (Lipinski definition) is 3. The number of aliphatic hydroxyl groups is 1. The highest BCUT2D eigenvalue weighted by molar-refractivity contribution is 5.95. The Labute approximate surface area is 142 Å². The van der Waals surface area contributed by atoms with Crippen LogP contribution < -0.4 is 0 Å². The standard InChI is InChI=1S/C20H24O4/c1-12-6-7-13(2)17(18(22)23)16(12)8-9-20(24)14(3)10-15(21)11-19(20,4)5/h6-10,24H,11H2,1-5H3,(H,22,23). The third-order valence-corrected chi connectivity index (χ3v) is 5.00. The van der Waals surface area contributed by atoms with Crippen molar-refractivity contribution in [2.45, 2.75) is 46.6 Å². The number of carboxylic acid groups (broad SMARTS) is 1. The lowest BCUT2D eigenvalue weighted by atomic mass is 9.64. The molecule has 0 fully saturated rings. The van der Waals surface area contributed by atoms with Gasteiger partial charge in [0.2, 0.25) is 0 Å². The highest BCUT2D eigenvalue weighted by Crippen LogP contribution is 2.44. The average Bonchev–Trinajstić information content (AvgIpc) is 2.44. The summed E-state index contributed by atoms with van der Waals surface area (Å²) >= 11 is 0. The summed E-state index contributed by atoms with van der Waals surface area (Å²) in [5.41, 5.74) is 0.918. The minimum Gasteiger partial charge on any atom is -0.478 e. The summed E-state index contributed by atoms with van der Waals surface area (Å²) in [6, 6.07) is 3.64. The molecule has 0 radical (unpaired) electrons. The normalized spacial score (nSPS) is 23.4. The molecule has 0 saturated heterocycles. The summed E-state index contributed by atoms with van der Waals surface area (Å²) in [5.74, 6) is -0.998. The van der Waals surface area contributed by atoms with Gasteiger partial charge in [-0.3, -0.25) is 4.79 Å². The van der Waals surface area contributed by atoms with Gasteiger partial charge in [0.05, 0.1) is 5.56 Å². The molecular formula is C20H24O4. The van der Waals surface area contributed by atoms with E-state index in [1.54, 1.807) is 32.1 Å². The Morgan fingerprint density at radius 2 is 1.75 bits per heavy atom. The first-order valence-electron chi connectivity index (χ1n) is 7.96. The van der Waals surface area contributed by atoms with E-state index < -0.39 is 17.0 Å². The predicted molar refractivity (Wildman–Crippen MR) is 94.0 cm³/mol. The van der Waals surface area contributed by atoms with Gasteiger partial charge in [-0.15, -0.1) is 0 Å². The SMILES string of the molecule is CC1=CC(=O)CC(C)(C)C1(O)C=Cc1c(C)ccc(C)c1C(=O)O. The fourth-order valence-electron chi connectivity index (χ4n) is 3.40. The number of rotatable bonds is 3. The zero-order valence-corrected chi connectivity index (χ0v) is 14.8. The molecule has 0 aliphatic heterocycles.